The molecule has 0 radical (unpaired) electrons. The Morgan fingerprint density at radius 3 is 2.75 bits per heavy atom. The molecule has 3 aromatic rings. The Hall–Kier alpha value is -2.16. The number of carbonyl (C=O) groups is 1. The van der Waals surface area contributed by atoms with Gasteiger partial charge >= 0.3 is 0 Å². The molecule has 1 aliphatic rings. The fourth-order valence-electron chi connectivity index (χ4n) is 3.12. The summed E-state index contributed by atoms with van der Waals surface area (Å²) in [5, 5.41) is 1.66. The van der Waals surface area contributed by atoms with Gasteiger partial charge in [-0.15, -0.1) is 22.9 Å². The third-order valence-electron chi connectivity index (χ3n) is 4.56. The van der Waals surface area contributed by atoms with E-state index >= 15 is 0 Å². The lowest BCUT2D eigenvalue weighted by atomic mass is 10.1. The van der Waals surface area contributed by atoms with Crippen molar-refractivity contribution in [3.63, 3.8) is 0 Å². The van der Waals surface area contributed by atoms with Gasteiger partial charge in [-0.3, -0.25) is 9.52 Å². The van der Waals surface area contributed by atoms with Crippen LogP contribution in [0.15, 0.2) is 48.5 Å². The summed E-state index contributed by atoms with van der Waals surface area (Å²) in [4.78, 5) is 12.9. The third-order valence-corrected chi connectivity index (χ3v) is 7.72. The van der Waals surface area contributed by atoms with E-state index in [1.54, 1.807) is 6.07 Å². The van der Waals surface area contributed by atoms with E-state index in [4.69, 9.17) is 11.6 Å². The molecular weight excluding hydrogens is 423 g/mol. The van der Waals surface area contributed by atoms with Gasteiger partial charge in [0.05, 0.1) is 11.1 Å². The number of fused-ring (bicyclic) bond motifs is 1. The normalized spacial score (nSPS) is 20.1. The number of benzene rings is 2. The highest BCUT2D eigenvalue weighted by Crippen LogP contribution is 2.35. The molecule has 0 saturated carbocycles. The number of nitrogens with one attached hydrogen (secondary N) is 2. The quantitative estimate of drug-likeness (QED) is 0.606. The predicted molar refractivity (Wildman–Crippen MR) is 111 cm³/mol. The molecule has 2 aromatic carbocycles. The van der Waals surface area contributed by atoms with Crippen molar-refractivity contribution in [2.75, 3.05) is 11.3 Å². The number of hydrogen-bond acceptors (Lipinski definition) is 4. The van der Waals surface area contributed by atoms with Gasteiger partial charge < -0.3 is 5.32 Å². The maximum absolute atomic E-state index is 14.3. The minimum absolute atomic E-state index is 0.0274. The van der Waals surface area contributed by atoms with Crippen LogP contribution >= 0.6 is 22.9 Å². The van der Waals surface area contributed by atoms with Gasteiger partial charge in [0.15, 0.2) is 5.25 Å². The van der Waals surface area contributed by atoms with Gasteiger partial charge in [-0.1, -0.05) is 24.3 Å². The number of alkyl halides is 1. The van der Waals surface area contributed by atoms with Gasteiger partial charge in [0.25, 0.3) is 0 Å². The van der Waals surface area contributed by atoms with Crippen molar-refractivity contribution in [2.45, 2.75) is 17.0 Å². The van der Waals surface area contributed by atoms with E-state index in [9.17, 15) is 17.6 Å². The van der Waals surface area contributed by atoms with E-state index in [1.165, 1.54) is 23.5 Å². The van der Waals surface area contributed by atoms with E-state index in [-0.39, 0.29) is 18.7 Å². The van der Waals surface area contributed by atoms with E-state index in [2.05, 4.69) is 10.0 Å². The van der Waals surface area contributed by atoms with Crippen LogP contribution in [-0.2, 0) is 14.8 Å². The molecule has 1 saturated heterocycles. The van der Waals surface area contributed by atoms with E-state index in [0.717, 1.165) is 15.0 Å². The summed E-state index contributed by atoms with van der Waals surface area (Å²) in [5.74, 6) is -1.35. The number of thiophene rings is 1. The zero-order valence-electron chi connectivity index (χ0n) is 14.5. The van der Waals surface area contributed by atoms with Crippen LogP contribution < -0.4 is 10.0 Å². The average molecular weight is 439 g/mol. The number of sulfonamides is 1. The third kappa shape index (κ3) is 3.72. The summed E-state index contributed by atoms with van der Waals surface area (Å²) >= 11 is 7.51. The highest BCUT2D eigenvalue weighted by molar-refractivity contribution is 7.94. The van der Waals surface area contributed by atoms with E-state index in [1.807, 2.05) is 30.3 Å². The standard InChI is InChI=1S/C19H16ClFN2O3S2/c20-13-9-18(19(24)22-10-13)28(25,26)23-15-7-12(5-6-14(15)21)17-8-11-3-1-2-4-16(11)27-17/h1-8,13,18,23H,9-10H2,(H,22,24). The Labute approximate surface area is 170 Å². The molecule has 4 rings (SSSR count). The predicted octanol–water partition coefficient (Wildman–Crippen LogP) is 3.95. The van der Waals surface area contributed by atoms with Crippen molar-refractivity contribution in [1.29, 1.82) is 0 Å². The lowest BCUT2D eigenvalue weighted by Gasteiger charge is -2.25. The second kappa shape index (κ2) is 7.35. The number of hydrogen-bond donors (Lipinski definition) is 2. The van der Waals surface area contributed by atoms with Crippen LogP contribution in [0.1, 0.15) is 6.42 Å². The molecule has 2 atom stereocenters. The smallest absolute Gasteiger partial charge is 0.244 e. The highest BCUT2D eigenvalue weighted by atomic mass is 35.5. The maximum Gasteiger partial charge on any atom is 0.244 e. The first-order valence-electron chi connectivity index (χ1n) is 8.55. The largest absolute Gasteiger partial charge is 0.353 e. The summed E-state index contributed by atoms with van der Waals surface area (Å²) in [5.41, 5.74) is 0.489. The molecule has 1 aromatic heterocycles. The summed E-state index contributed by atoms with van der Waals surface area (Å²) in [6.45, 7) is 0.211. The first kappa shape index (κ1) is 19.2. The molecule has 2 heterocycles. The van der Waals surface area contributed by atoms with Crippen LogP contribution in [-0.4, -0.2) is 31.5 Å². The van der Waals surface area contributed by atoms with Crippen LogP contribution in [0, 0.1) is 5.82 Å². The van der Waals surface area contributed by atoms with Crippen LogP contribution in [0.2, 0.25) is 0 Å². The molecule has 9 heteroatoms. The Morgan fingerprint density at radius 1 is 1.18 bits per heavy atom. The summed E-state index contributed by atoms with van der Waals surface area (Å²) in [7, 11) is -4.15. The first-order valence-corrected chi connectivity index (χ1v) is 11.4. The number of amides is 1. The zero-order valence-corrected chi connectivity index (χ0v) is 16.9. The molecule has 0 aliphatic carbocycles. The monoisotopic (exact) mass is 438 g/mol. The Bertz CT molecular complexity index is 1130. The van der Waals surface area contributed by atoms with Crippen LogP contribution in [0.3, 0.4) is 0 Å². The lowest BCUT2D eigenvalue weighted by Crippen LogP contribution is -2.50. The average Bonchev–Trinajstić information content (AvgIpc) is 3.09. The molecule has 1 aliphatic heterocycles. The molecule has 1 fully saturated rings. The number of carbonyl (C=O) groups excluding carboxylic acids is 1. The van der Waals surface area contributed by atoms with Crippen molar-refractivity contribution in [3.05, 3.63) is 54.3 Å². The summed E-state index contributed by atoms with van der Waals surface area (Å²) < 4.78 is 42.9. The van der Waals surface area contributed by atoms with Crippen molar-refractivity contribution in [2.24, 2.45) is 0 Å². The van der Waals surface area contributed by atoms with Crippen molar-refractivity contribution < 1.29 is 17.6 Å². The Kier molecular flexibility index (Phi) is 5.03. The van der Waals surface area contributed by atoms with Crippen LogP contribution in [0.5, 0.6) is 0 Å². The number of anilines is 1. The number of halogens is 2. The molecule has 5 nitrogen and oxygen atoms in total. The van der Waals surface area contributed by atoms with Crippen LogP contribution in [0.4, 0.5) is 10.1 Å². The maximum atomic E-state index is 14.3. The molecule has 1 amide bonds. The minimum atomic E-state index is -4.15. The minimum Gasteiger partial charge on any atom is -0.353 e. The van der Waals surface area contributed by atoms with Gasteiger partial charge in [-0.05, 0) is 41.6 Å². The summed E-state index contributed by atoms with van der Waals surface area (Å²) in [6.07, 6.45) is -0.0274. The van der Waals surface area contributed by atoms with Gasteiger partial charge in [0, 0.05) is 16.1 Å². The number of rotatable bonds is 4. The Balaban J connectivity index is 1.66. The molecule has 28 heavy (non-hydrogen) atoms. The first-order chi connectivity index (χ1) is 13.3. The second-order valence-corrected chi connectivity index (χ2v) is 10.1. The van der Waals surface area contributed by atoms with Gasteiger partial charge in [0.2, 0.25) is 15.9 Å². The summed E-state index contributed by atoms with van der Waals surface area (Å²) in [6, 6.07) is 14.1. The van der Waals surface area contributed by atoms with Crippen molar-refractivity contribution in [3.8, 4) is 10.4 Å². The molecular formula is C19H16ClFN2O3S2. The lowest BCUT2D eigenvalue weighted by molar-refractivity contribution is -0.121. The zero-order chi connectivity index (χ0) is 19.9. The topological polar surface area (TPSA) is 75.3 Å². The van der Waals surface area contributed by atoms with Crippen LogP contribution in [0.25, 0.3) is 20.5 Å². The molecule has 146 valence electrons. The molecule has 2 unspecified atom stereocenters. The van der Waals surface area contributed by atoms with Crippen molar-refractivity contribution >= 4 is 54.6 Å². The van der Waals surface area contributed by atoms with Crippen molar-refractivity contribution in [1.82, 2.24) is 5.32 Å². The van der Waals surface area contributed by atoms with Gasteiger partial charge in [0.1, 0.15) is 5.82 Å². The SMILES string of the molecule is O=C1NCC(Cl)CC1S(=O)(=O)Nc1cc(-c2cc3ccccc3s2)ccc1F. The second-order valence-electron chi connectivity index (χ2n) is 6.56. The molecule has 0 spiro atoms. The number of piperidine rings is 1. The highest BCUT2D eigenvalue weighted by Gasteiger charge is 2.38. The molecule has 2 N–H and O–H groups in total. The fraction of sp³-hybridized carbons (Fsp3) is 0.211. The van der Waals surface area contributed by atoms with E-state index in [0.29, 0.717) is 5.56 Å². The van der Waals surface area contributed by atoms with E-state index < -0.39 is 32.4 Å². The fourth-order valence-corrected chi connectivity index (χ4v) is 6.00. The van der Waals surface area contributed by atoms with Gasteiger partial charge in [-0.25, -0.2) is 12.8 Å². The Morgan fingerprint density at radius 2 is 1.96 bits per heavy atom. The van der Waals surface area contributed by atoms with Gasteiger partial charge in [-0.2, -0.15) is 0 Å². The molecule has 0 bridgehead atoms.